The first kappa shape index (κ1) is 35.1. The standard InChI is InChI=1S/C24H36F4O10/c1-8-34-19(32)23(25,26)12-10-21(4,5)37-17(30)14-16(36-15(3)29)18(31)38-22(6,7)11-13-24(27,28)20(33)35-9-2/h16H,8-14H2,1-7H3. The van der Waals surface area contributed by atoms with E-state index in [0.29, 0.717) is 0 Å². The molecule has 0 saturated carbocycles. The van der Waals surface area contributed by atoms with Gasteiger partial charge in [0.15, 0.2) is 0 Å². The number of alkyl halides is 4. The number of carbonyl (C=O) groups excluding carboxylic acids is 5. The molecule has 0 radical (unpaired) electrons. The Morgan fingerprint density at radius 2 is 1.08 bits per heavy atom. The Balaban J connectivity index is 5.23. The zero-order valence-electron chi connectivity index (χ0n) is 22.6. The van der Waals surface area contributed by atoms with Gasteiger partial charge in [-0.25, -0.2) is 14.4 Å². The fourth-order valence-corrected chi connectivity index (χ4v) is 2.91. The lowest BCUT2D eigenvalue weighted by atomic mass is 9.99. The summed E-state index contributed by atoms with van der Waals surface area (Å²) in [6, 6.07) is 0. The molecule has 10 nitrogen and oxygen atoms in total. The third-order valence-corrected chi connectivity index (χ3v) is 4.92. The maximum absolute atomic E-state index is 13.9. The molecule has 0 bridgehead atoms. The Morgan fingerprint density at radius 3 is 1.45 bits per heavy atom. The minimum Gasteiger partial charge on any atom is -0.462 e. The van der Waals surface area contributed by atoms with E-state index in [4.69, 9.17) is 14.2 Å². The van der Waals surface area contributed by atoms with E-state index < -0.39 is 91.1 Å². The highest BCUT2D eigenvalue weighted by atomic mass is 19.3. The van der Waals surface area contributed by atoms with E-state index in [-0.39, 0.29) is 13.2 Å². The largest absolute Gasteiger partial charge is 0.462 e. The summed E-state index contributed by atoms with van der Waals surface area (Å²) < 4.78 is 79.4. The number of ether oxygens (including phenoxy) is 5. The van der Waals surface area contributed by atoms with Crippen molar-refractivity contribution in [1.29, 1.82) is 0 Å². The molecule has 0 aliphatic heterocycles. The normalized spacial score (nSPS) is 13.2. The fourth-order valence-electron chi connectivity index (χ4n) is 2.91. The summed E-state index contributed by atoms with van der Waals surface area (Å²) in [6.45, 7) is 8.28. The molecule has 0 rings (SSSR count). The predicted molar refractivity (Wildman–Crippen MR) is 122 cm³/mol. The van der Waals surface area contributed by atoms with Crippen LogP contribution in [0, 0.1) is 0 Å². The van der Waals surface area contributed by atoms with Crippen LogP contribution in [0.2, 0.25) is 0 Å². The molecule has 0 aliphatic carbocycles. The van der Waals surface area contributed by atoms with Gasteiger partial charge in [-0.1, -0.05) is 0 Å². The highest BCUT2D eigenvalue weighted by Gasteiger charge is 2.44. The van der Waals surface area contributed by atoms with E-state index in [9.17, 15) is 41.5 Å². The number of halogens is 4. The first-order valence-corrected chi connectivity index (χ1v) is 11.9. The second kappa shape index (κ2) is 14.3. The van der Waals surface area contributed by atoms with Crippen LogP contribution in [0.5, 0.6) is 0 Å². The number of hydrogen-bond acceptors (Lipinski definition) is 10. The van der Waals surface area contributed by atoms with Gasteiger partial charge < -0.3 is 23.7 Å². The minimum atomic E-state index is -3.84. The molecule has 1 atom stereocenters. The van der Waals surface area contributed by atoms with Gasteiger partial charge in [-0.3, -0.25) is 9.59 Å². The first-order chi connectivity index (χ1) is 17.2. The van der Waals surface area contributed by atoms with E-state index in [1.807, 2.05) is 0 Å². The van der Waals surface area contributed by atoms with Crippen molar-refractivity contribution >= 4 is 29.8 Å². The van der Waals surface area contributed by atoms with Crippen molar-refractivity contribution in [3.63, 3.8) is 0 Å². The maximum atomic E-state index is 13.9. The van der Waals surface area contributed by atoms with Crippen LogP contribution in [-0.2, 0) is 47.7 Å². The van der Waals surface area contributed by atoms with Gasteiger partial charge in [-0.2, -0.15) is 17.6 Å². The molecule has 0 N–H and O–H groups in total. The molecular weight excluding hydrogens is 524 g/mol. The van der Waals surface area contributed by atoms with Crippen molar-refractivity contribution < 1.29 is 65.2 Å². The van der Waals surface area contributed by atoms with Crippen LogP contribution in [0.25, 0.3) is 0 Å². The lowest BCUT2D eigenvalue weighted by Gasteiger charge is -2.29. The molecule has 0 aromatic heterocycles. The zero-order chi connectivity index (χ0) is 29.9. The average molecular weight is 561 g/mol. The second-order valence-corrected chi connectivity index (χ2v) is 9.57. The second-order valence-electron chi connectivity index (χ2n) is 9.57. The summed E-state index contributed by atoms with van der Waals surface area (Å²) >= 11 is 0. The Kier molecular flexibility index (Phi) is 13.2. The molecule has 0 amide bonds. The summed E-state index contributed by atoms with van der Waals surface area (Å²) in [7, 11) is 0. The summed E-state index contributed by atoms with van der Waals surface area (Å²) in [5.74, 6) is -14.5. The molecule has 0 aromatic rings. The third kappa shape index (κ3) is 13.0. The molecule has 0 spiro atoms. The lowest BCUT2D eigenvalue weighted by Crippen LogP contribution is -2.40. The number of hydrogen-bond donors (Lipinski definition) is 0. The molecule has 1 unspecified atom stereocenters. The third-order valence-electron chi connectivity index (χ3n) is 4.92. The van der Waals surface area contributed by atoms with Crippen molar-refractivity contribution in [3.05, 3.63) is 0 Å². The molecule has 0 fully saturated rings. The van der Waals surface area contributed by atoms with Gasteiger partial charge in [-0.15, -0.1) is 0 Å². The number of carbonyl (C=O) groups is 5. The summed E-state index contributed by atoms with van der Waals surface area (Å²) in [6.07, 6.45) is -5.67. The monoisotopic (exact) mass is 560 g/mol. The predicted octanol–water partition coefficient (Wildman–Crippen LogP) is 3.91. The summed E-state index contributed by atoms with van der Waals surface area (Å²) in [5.41, 5.74) is -3.09. The Labute approximate surface area is 218 Å². The Hall–Kier alpha value is -2.93. The van der Waals surface area contributed by atoms with Gasteiger partial charge >= 0.3 is 41.7 Å². The maximum Gasteiger partial charge on any atom is 0.376 e. The summed E-state index contributed by atoms with van der Waals surface area (Å²) in [4.78, 5) is 59.2. The average Bonchev–Trinajstić information content (AvgIpc) is 2.75. The van der Waals surface area contributed by atoms with Crippen LogP contribution >= 0.6 is 0 Å². The van der Waals surface area contributed by atoms with Crippen LogP contribution in [0.4, 0.5) is 17.6 Å². The van der Waals surface area contributed by atoms with E-state index >= 15 is 0 Å². The van der Waals surface area contributed by atoms with Gasteiger partial charge in [0.2, 0.25) is 6.10 Å². The van der Waals surface area contributed by atoms with Gasteiger partial charge in [0.1, 0.15) is 11.2 Å². The molecule has 0 saturated heterocycles. The Bertz CT molecular complexity index is 855. The van der Waals surface area contributed by atoms with Crippen LogP contribution < -0.4 is 0 Å². The van der Waals surface area contributed by atoms with Crippen molar-refractivity contribution in [2.24, 2.45) is 0 Å². The van der Waals surface area contributed by atoms with E-state index in [1.165, 1.54) is 41.5 Å². The zero-order valence-corrected chi connectivity index (χ0v) is 22.6. The molecular formula is C24H36F4O10. The molecule has 38 heavy (non-hydrogen) atoms. The van der Waals surface area contributed by atoms with E-state index in [2.05, 4.69) is 9.47 Å². The fraction of sp³-hybridized carbons (Fsp3) is 0.792. The molecule has 0 aromatic carbocycles. The van der Waals surface area contributed by atoms with Gasteiger partial charge in [0, 0.05) is 19.8 Å². The minimum absolute atomic E-state index is 0.245. The van der Waals surface area contributed by atoms with Crippen molar-refractivity contribution in [1.82, 2.24) is 0 Å². The number of esters is 5. The van der Waals surface area contributed by atoms with Crippen LogP contribution in [-0.4, -0.2) is 72.2 Å². The van der Waals surface area contributed by atoms with Crippen molar-refractivity contribution in [2.75, 3.05) is 13.2 Å². The van der Waals surface area contributed by atoms with E-state index in [1.54, 1.807) is 0 Å². The quantitative estimate of drug-likeness (QED) is 0.156. The van der Waals surface area contributed by atoms with Gasteiger partial charge in [0.05, 0.1) is 19.6 Å². The topological polar surface area (TPSA) is 132 Å². The Morgan fingerprint density at radius 1 is 0.684 bits per heavy atom. The lowest BCUT2D eigenvalue weighted by molar-refractivity contribution is -0.185. The summed E-state index contributed by atoms with van der Waals surface area (Å²) in [5, 5.41) is 0. The molecule has 14 heteroatoms. The smallest absolute Gasteiger partial charge is 0.376 e. The van der Waals surface area contributed by atoms with Crippen molar-refractivity contribution in [2.45, 2.75) is 110 Å². The van der Waals surface area contributed by atoms with Crippen LogP contribution in [0.15, 0.2) is 0 Å². The van der Waals surface area contributed by atoms with Crippen LogP contribution in [0.1, 0.15) is 80.6 Å². The first-order valence-electron chi connectivity index (χ1n) is 11.9. The van der Waals surface area contributed by atoms with E-state index in [0.717, 1.165) is 6.92 Å². The highest BCUT2D eigenvalue weighted by molar-refractivity contribution is 5.84. The van der Waals surface area contributed by atoms with Crippen LogP contribution in [0.3, 0.4) is 0 Å². The van der Waals surface area contributed by atoms with Gasteiger partial charge in [0.25, 0.3) is 0 Å². The molecule has 0 heterocycles. The van der Waals surface area contributed by atoms with Crippen molar-refractivity contribution in [3.8, 4) is 0 Å². The molecule has 0 aliphatic rings. The SMILES string of the molecule is CCOC(=O)C(F)(F)CCC(C)(C)OC(=O)CC(OC(C)=O)C(=O)OC(C)(C)CCC(F)(F)C(=O)OCC. The highest BCUT2D eigenvalue weighted by Crippen LogP contribution is 2.30. The van der Waals surface area contributed by atoms with Gasteiger partial charge in [-0.05, 0) is 54.4 Å². The number of rotatable bonds is 16. The molecule has 220 valence electrons.